The number of imidazole rings is 1. The highest BCUT2D eigenvalue weighted by Crippen LogP contribution is 2.32. The maximum atomic E-state index is 12.8. The second-order valence-electron chi connectivity index (χ2n) is 6.77. The zero-order valence-electron chi connectivity index (χ0n) is 15.0. The van der Waals surface area contributed by atoms with E-state index in [1.165, 1.54) is 18.2 Å². The van der Waals surface area contributed by atoms with Crippen molar-refractivity contribution < 1.29 is 9.72 Å². The third-order valence-corrected chi connectivity index (χ3v) is 4.92. The fraction of sp³-hybridized carbons (Fsp3) is 0.263. The second-order valence-corrected chi connectivity index (χ2v) is 6.77. The van der Waals surface area contributed by atoms with E-state index in [4.69, 9.17) is 0 Å². The second kappa shape index (κ2) is 7.18. The first-order valence-corrected chi connectivity index (χ1v) is 9.09. The Hall–Kier alpha value is -3.62. The van der Waals surface area contributed by atoms with Crippen molar-refractivity contribution in [2.75, 3.05) is 23.3 Å². The average Bonchev–Trinajstić information content (AvgIpc) is 3.07. The van der Waals surface area contributed by atoms with E-state index in [1.807, 2.05) is 6.07 Å². The zero-order chi connectivity index (χ0) is 19.7. The average molecular weight is 381 g/mol. The van der Waals surface area contributed by atoms with Crippen molar-refractivity contribution >= 4 is 34.0 Å². The Morgan fingerprint density at radius 3 is 2.46 bits per heavy atom. The van der Waals surface area contributed by atoms with Crippen LogP contribution < -0.4 is 15.9 Å². The zero-order valence-corrected chi connectivity index (χ0v) is 15.0. The van der Waals surface area contributed by atoms with Crippen LogP contribution >= 0.6 is 0 Å². The summed E-state index contributed by atoms with van der Waals surface area (Å²) in [6.07, 6.45) is 3.23. The lowest BCUT2D eigenvalue weighted by molar-refractivity contribution is -0.385. The summed E-state index contributed by atoms with van der Waals surface area (Å²) >= 11 is 0. The molecular formula is C19H19N5O4. The summed E-state index contributed by atoms with van der Waals surface area (Å²) in [5, 5.41) is 14.0. The quantitative estimate of drug-likeness (QED) is 0.473. The molecule has 3 aromatic rings. The van der Waals surface area contributed by atoms with Gasteiger partial charge in [-0.2, -0.15) is 0 Å². The summed E-state index contributed by atoms with van der Waals surface area (Å²) in [5.74, 6) is -0.567. The number of carbonyl (C=O) groups excluding carboxylic acids is 1. The molecule has 9 heteroatoms. The van der Waals surface area contributed by atoms with Crippen LogP contribution in [0.2, 0.25) is 0 Å². The summed E-state index contributed by atoms with van der Waals surface area (Å²) in [6.45, 7) is 1.68. The van der Waals surface area contributed by atoms with E-state index in [-0.39, 0.29) is 16.9 Å². The SMILES string of the molecule is O=C(Nc1cc2[nH]c(=O)[nH]c2cc1N1CCCCC1)c1ccccc1[N+](=O)[O-]. The molecular weight excluding hydrogens is 362 g/mol. The molecule has 1 amide bonds. The molecule has 1 aliphatic heterocycles. The number of piperidine rings is 1. The smallest absolute Gasteiger partial charge is 0.323 e. The van der Waals surface area contributed by atoms with Gasteiger partial charge in [-0.15, -0.1) is 0 Å². The lowest BCUT2D eigenvalue weighted by atomic mass is 10.1. The van der Waals surface area contributed by atoms with E-state index in [2.05, 4.69) is 20.2 Å². The third-order valence-electron chi connectivity index (χ3n) is 4.92. The number of rotatable bonds is 4. The van der Waals surface area contributed by atoms with Gasteiger partial charge in [0.1, 0.15) is 5.56 Å². The minimum Gasteiger partial charge on any atom is -0.370 e. The molecule has 0 radical (unpaired) electrons. The van der Waals surface area contributed by atoms with Crippen molar-refractivity contribution in [3.63, 3.8) is 0 Å². The molecule has 0 saturated carbocycles. The molecule has 4 rings (SSSR count). The van der Waals surface area contributed by atoms with Gasteiger partial charge in [-0.25, -0.2) is 4.79 Å². The minimum absolute atomic E-state index is 0.0141. The number of H-pyrrole nitrogens is 2. The maximum absolute atomic E-state index is 12.8. The fourth-order valence-electron chi connectivity index (χ4n) is 3.58. The number of para-hydroxylation sites is 1. The van der Waals surface area contributed by atoms with Gasteiger partial charge in [0.05, 0.1) is 27.3 Å². The number of amides is 1. The lowest BCUT2D eigenvalue weighted by Crippen LogP contribution is -2.30. The van der Waals surface area contributed by atoms with Gasteiger partial charge in [-0.05, 0) is 37.5 Å². The molecule has 1 aromatic heterocycles. The van der Waals surface area contributed by atoms with E-state index in [9.17, 15) is 19.7 Å². The first-order chi connectivity index (χ1) is 13.5. The van der Waals surface area contributed by atoms with Crippen molar-refractivity contribution in [2.45, 2.75) is 19.3 Å². The van der Waals surface area contributed by atoms with E-state index >= 15 is 0 Å². The summed E-state index contributed by atoms with van der Waals surface area (Å²) in [6, 6.07) is 9.33. The number of anilines is 2. The molecule has 2 aromatic carbocycles. The molecule has 0 atom stereocenters. The summed E-state index contributed by atoms with van der Waals surface area (Å²) < 4.78 is 0. The lowest BCUT2D eigenvalue weighted by Gasteiger charge is -2.30. The Morgan fingerprint density at radius 2 is 1.75 bits per heavy atom. The van der Waals surface area contributed by atoms with Crippen LogP contribution in [0.5, 0.6) is 0 Å². The fourth-order valence-corrected chi connectivity index (χ4v) is 3.58. The van der Waals surface area contributed by atoms with Crippen molar-refractivity contribution in [1.82, 2.24) is 9.97 Å². The van der Waals surface area contributed by atoms with Gasteiger partial charge in [-0.3, -0.25) is 14.9 Å². The van der Waals surface area contributed by atoms with Gasteiger partial charge >= 0.3 is 5.69 Å². The number of nitro benzene ring substituents is 1. The van der Waals surface area contributed by atoms with Crippen LogP contribution in [0.25, 0.3) is 11.0 Å². The molecule has 28 heavy (non-hydrogen) atoms. The normalized spacial score (nSPS) is 14.2. The monoisotopic (exact) mass is 381 g/mol. The van der Waals surface area contributed by atoms with Crippen molar-refractivity contribution in [3.8, 4) is 0 Å². The van der Waals surface area contributed by atoms with Crippen molar-refractivity contribution in [1.29, 1.82) is 0 Å². The van der Waals surface area contributed by atoms with Gasteiger partial charge in [-0.1, -0.05) is 12.1 Å². The molecule has 1 saturated heterocycles. The number of nitro groups is 1. The summed E-state index contributed by atoms with van der Waals surface area (Å²) in [7, 11) is 0. The van der Waals surface area contributed by atoms with E-state index in [0.717, 1.165) is 38.0 Å². The molecule has 1 fully saturated rings. The number of aromatic amines is 2. The topological polar surface area (TPSA) is 124 Å². The molecule has 0 bridgehead atoms. The minimum atomic E-state index is -0.576. The first-order valence-electron chi connectivity index (χ1n) is 9.09. The van der Waals surface area contributed by atoms with Crippen LogP contribution in [0, 0.1) is 10.1 Å². The molecule has 2 heterocycles. The number of nitrogens with zero attached hydrogens (tertiary/aromatic N) is 2. The third kappa shape index (κ3) is 3.34. The van der Waals surface area contributed by atoms with Gasteiger partial charge < -0.3 is 20.2 Å². The van der Waals surface area contributed by atoms with Crippen LogP contribution in [0.15, 0.2) is 41.2 Å². The molecule has 0 spiro atoms. The molecule has 0 unspecified atom stereocenters. The Labute approximate surface area is 159 Å². The first kappa shape index (κ1) is 17.8. The maximum Gasteiger partial charge on any atom is 0.323 e. The number of fused-ring (bicyclic) bond motifs is 1. The highest BCUT2D eigenvalue weighted by Gasteiger charge is 2.22. The largest absolute Gasteiger partial charge is 0.370 e. The van der Waals surface area contributed by atoms with E-state index in [1.54, 1.807) is 12.1 Å². The Bertz CT molecular complexity index is 1110. The highest BCUT2D eigenvalue weighted by molar-refractivity contribution is 6.09. The predicted octanol–water partition coefficient (Wildman–Crippen LogP) is 3.01. The van der Waals surface area contributed by atoms with Crippen LogP contribution in [0.3, 0.4) is 0 Å². The Morgan fingerprint density at radius 1 is 1.07 bits per heavy atom. The number of hydrogen-bond donors (Lipinski definition) is 3. The molecule has 0 aliphatic carbocycles. The van der Waals surface area contributed by atoms with Crippen LogP contribution in [0.4, 0.5) is 17.1 Å². The molecule has 9 nitrogen and oxygen atoms in total. The predicted molar refractivity (Wildman–Crippen MR) is 106 cm³/mol. The van der Waals surface area contributed by atoms with E-state index < -0.39 is 10.8 Å². The van der Waals surface area contributed by atoms with Crippen LogP contribution in [-0.4, -0.2) is 33.9 Å². The van der Waals surface area contributed by atoms with E-state index in [0.29, 0.717) is 16.7 Å². The summed E-state index contributed by atoms with van der Waals surface area (Å²) in [4.78, 5) is 42.7. The molecule has 144 valence electrons. The molecule has 3 N–H and O–H groups in total. The van der Waals surface area contributed by atoms with Gasteiger partial charge in [0.15, 0.2) is 0 Å². The Balaban J connectivity index is 1.75. The standard InChI is InChI=1S/C19H19N5O4/c25-18(12-6-2-3-7-16(12)24(27)28)20-15-10-13-14(22-19(26)21-13)11-17(15)23-8-4-1-5-9-23/h2-3,6-7,10-11H,1,4-5,8-9H2,(H,20,25)(H2,21,22,26). The Kier molecular flexibility index (Phi) is 4.56. The number of carbonyl (C=O) groups is 1. The number of hydrogen-bond acceptors (Lipinski definition) is 5. The summed E-state index contributed by atoms with van der Waals surface area (Å²) in [5.41, 5.74) is 1.90. The molecule has 1 aliphatic rings. The van der Waals surface area contributed by atoms with Crippen LogP contribution in [-0.2, 0) is 0 Å². The van der Waals surface area contributed by atoms with Gasteiger partial charge in [0.25, 0.3) is 11.6 Å². The van der Waals surface area contributed by atoms with Crippen LogP contribution in [0.1, 0.15) is 29.6 Å². The number of aromatic nitrogens is 2. The number of nitrogens with one attached hydrogen (secondary N) is 3. The van der Waals surface area contributed by atoms with Crippen molar-refractivity contribution in [3.05, 3.63) is 62.6 Å². The van der Waals surface area contributed by atoms with Crippen molar-refractivity contribution in [2.24, 2.45) is 0 Å². The van der Waals surface area contributed by atoms with Gasteiger partial charge in [0.2, 0.25) is 0 Å². The number of benzene rings is 2. The highest BCUT2D eigenvalue weighted by atomic mass is 16.6. The van der Waals surface area contributed by atoms with Gasteiger partial charge in [0, 0.05) is 19.2 Å².